The second kappa shape index (κ2) is 5.46. The molecule has 0 unspecified atom stereocenters. The van der Waals surface area contributed by atoms with Gasteiger partial charge in [0.2, 0.25) is 0 Å². The number of carboxylic acid groups (broad SMARTS) is 1. The number of hydrogen-bond donors (Lipinski definition) is 3. The second-order valence-corrected chi connectivity index (χ2v) is 3.59. The van der Waals surface area contributed by atoms with Crippen LogP contribution in [-0.4, -0.2) is 35.8 Å². The molecule has 0 aliphatic rings. The first-order valence-corrected chi connectivity index (χ1v) is 4.37. The average Bonchev–Trinajstić information content (AvgIpc) is 1.80. The summed E-state index contributed by atoms with van der Waals surface area (Å²) in [7, 11) is -4.10. The van der Waals surface area contributed by atoms with Gasteiger partial charge >= 0.3 is 5.97 Å². The van der Waals surface area contributed by atoms with E-state index in [0.717, 1.165) is 0 Å². The third kappa shape index (κ3) is 7.92. The number of rotatable bonds is 4. The maximum Gasteiger partial charge on any atom is 0.320 e. The molecule has 4 N–H and O–H groups in total. The number of carboxylic acids is 1. The molecule has 0 aliphatic carbocycles. The summed E-state index contributed by atoms with van der Waals surface area (Å²) in [5.41, 5.74) is 4.95. The van der Waals surface area contributed by atoms with Crippen LogP contribution in [0.2, 0.25) is 0 Å². The van der Waals surface area contributed by atoms with Gasteiger partial charge in [0.25, 0.3) is 10.1 Å². The van der Waals surface area contributed by atoms with Crippen LogP contribution in [0.1, 0.15) is 6.42 Å². The van der Waals surface area contributed by atoms with Crippen molar-refractivity contribution in [2.75, 3.05) is 5.75 Å². The highest BCUT2D eigenvalue weighted by Crippen LogP contribution is 1.92. The van der Waals surface area contributed by atoms with Gasteiger partial charge in [-0.3, -0.25) is 9.35 Å². The summed E-state index contributed by atoms with van der Waals surface area (Å²) in [4.78, 5) is 10.0. The quantitative estimate of drug-likeness (QED) is 0.575. The number of aliphatic carboxylic acids is 1. The molecular formula is C4H10BrNO5S. The zero-order chi connectivity index (χ0) is 9.07. The molecule has 0 fully saturated rings. The minimum Gasteiger partial charge on any atom is -0.480 e. The first-order valence-electron chi connectivity index (χ1n) is 2.76. The number of nitrogens with two attached hydrogens (primary N) is 1. The Kier molecular flexibility index (Phi) is 6.53. The lowest BCUT2D eigenvalue weighted by atomic mass is 10.2. The van der Waals surface area contributed by atoms with Crippen molar-refractivity contribution < 1.29 is 22.9 Å². The van der Waals surface area contributed by atoms with Gasteiger partial charge in [-0.1, -0.05) is 0 Å². The lowest BCUT2D eigenvalue weighted by molar-refractivity contribution is -0.138. The average molecular weight is 264 g/mol. The van der Waals surface area contributed by atoms with E-state index in [1.165, 1.54) is 0 Å². The van der Waals surface area contributed by atoms with Crippen molar-refractivity contribution >= 4 is 33.1 Å². The van der Waals surface area contributed by atoms with Crippen LogP contribution >= 0.6 is 17.0 Å². The first kappa shape index (κ1) is 14.3. The Bertz CT molecular complexity index is 238. The number of halogens is 1. The molecule has 1 atom stereocenters. The molecule has 0 amide bonds. The SMILES string of the molecule is Br.N[C@@H](CCS(=O)(=O)O)C(=O)O. The molecule has 0 aromatic carbocycles. The first-order chi connectivity index (χ1) is 4.83. The Morgan fingerprint density at radius 1 is 1.50 bits per heavy atom. The zero-order valence-electron chi connectivity index (χ0n) is 6.00. The highest BCUT2D eigenvalue weighted by molar-refractivity contribution is 8.93. The van der Waals surface area contributed by atoms with E-state index >= 15 is 0 Å². The molecule has 0 aromatic heterocycles. The van der Waals surface area contributed by atoms with Crippen LogP contribution < -0.4 is 5.73 Å². The Hall–Kier alpha value is -0.180. The van der Waals surface area contributed by atoms with Crippen molar-refractivity contribution in [3.8, 4) is 0 Å². The van der Waals surface area contributed by atoms with Gasteiger partial charge in [0, 0.05) is 0 Å². The van der Waals surface area contributed by atoms with Crippen LogP contribution in [0.5, 0.6) is 0 Å². The summed E-state index contributed by atoms with van der Waals surface area (Å²) in [5.74, 6) is -1.91. The molecule has 0 aliphatic heterocycles. The zero-order valence-corrected chi connectivity index (χ0v) is 8.53. The lowest BCUT2D eigenvalue weighted by Gasteiger charge is -2.02. The van der Waals surface area contributed by atoms with Gasteiger partial charge in [-0.05, 0) is 6.42 Å². The van der Waals surface area contributed by atoms with E-state index in [1.807, 2.05) is 0 Å². The molecule has 12 heavy (non-hydrogen) atoms. The van der Waals surface area contributed by atoms with E-state index in [1.54, 1.807) is 0 Å². The van der Waals surface area contributed by atoms with Crippen LogP contribution in [0, 0.1) is 0 Å². The third-order valence-corrected chi connectivity index (χ3v) is 1.76. The predicted octanol–water partition coefficient (Wildman–Crippen LogP) is -0.746. The summed E-state index contributed by atoms with van der Waals surface area (Å²) < 4.78 is 28.3. The molecule has 0 aromatic rings. The molecule has 6 nitrogen and oxygen atoms in total. The maximum atomic E-state index is 10.1. The van der Waals surface area contributed by atoms with Gasteiger partial charge in [-0.15, -0.1) is 17.0 Å². The fraction of sp³-hybridized carbons (Fsp3) is 0.750. The van der Waals surface area contributed by atoms with E-state index in [2.05, 4.69) is 0 Å². The largest absolute Gasteiger partial charge is 0.480 e. The van der Waals surface area contributed by atoms with Crippen LogP contribution in [0.25, 0.3) is 0 Å². The molecule has 0 saturated carbocycles. The summed E-state index contributed by atoms with van der Waals surface area (Å²) in [6.45, 7) is 0. The van der Waals surface area contributed by atoms with Crippen molar-refractivity contribution in [1.82, 2.24) is 0 Å². The van der Waals surface area contributed by atoms with Gasteiger partial charge in [-0.2, -0.15) is 8.42 Å². The molecule has 74 valence electrons. The van der Waals surface area contributed by atoms with Crippen LogP contribution in [0.4, 0.5) is 0 Å². The monoisotopic (exact) mass is 263 g/mol. The van der Waals surface area contributed by atoms with Crippen LogP contribution in [-0.2, 0) is 14.9 Å². The minimum atomic E-state index is -4.10. The van der Waals surface area contributed by atoms with Crippen molar-refractivity contribution in [1.29, 1.82) is 0 Å². The highest BCUT2D eigenvalue weighted by Gasteiger charge is 2.14. The summed E-state index contributed by atoms with van der Waals surface area (Å²) in [6.07, 6.45) is -0.284. The maximum absolute atomic E-state index is 10.1. The molecule has 0 bridgehead atoms. The van der Waals surface area contributed by atoms with Crippen molar-refractivity contribution in [3.63, 3.8) is 0 Å². The van der Waals surface area contributed by atoms with Crippen LogP contribution in [0.3, 0.4) is 0 Å². The molecule has 0 rings (SSSR count). The van der Waals surface area contributed by atoms with Gasteiger partial charge in [0.05, 0.1) is 5.75 Å². The van der Waals surface area contributed by atoms with E-state index in [4.69, 9.17) is 15.4 Å². The molecular weight excluding hydrogens is 254 g/mol. The van der Waals surface area contributed by atoms with Gasteiger partial charge in [0.15, 0.2) is 0 Å². The van der Waals surface area contributed by atoms with Crippen molar-refractivity contribution in [3.05, 3.63) is 0 Å². The minimum absolute atomic E-state index is 0. The summed E-state index contributed by atoms with van der Waals surface area (Å²) >= 11 is 0. The number of hydrogen-bond acceptors (Lipinski definition) is 4. The van der Waals surface area contributed by atoms with Gasteiger partial charge in [-0.25, -0.2) is 0 Å². The molecule has 0 radical (unpaired) electrons. The van der Waals surface area contributed by atoms with E-state index in [9.17, 15) is 13.2 Å². The van der Waals surface area contributed by atoms with E-state index in [-0.39, 0.29) is 23.4 Å². The molecule has 0 spiro atoms. The van der Waals surface area contributed by atoms with Gasteiger partial charge < -0.3 is 10.8 Å². The summed E-state index contributed by atoms with van der Waals surface area (Å²) in [6, 6.07) is -1.24. The Balaban J connectivity index is 0. The fourth-order valence-corrected chi connectivity index (χ4v) is 0.951. The highest BCUT2D eigenvalue weighted by atomic mass is 79.9. The van der Waals surface area contributed by atoms with E-state index in [0.29, 0.717) is 0 Å². The Morgan fingerprint density at radius 2 is 1.92 bits per heavy atom. The fourth-order valence-electron chi connectivity index (χ4n) is 0.399. The molecule has 0 saturated heterocycles. The third-order valence-electron chi connectivity index (χ3n) is 1.00. The normalized spacial score (nSPS) is 13.2. The van der Waals surface area contributed by atoms with Crippen molar-refractivity contribution in [2.24, 2.45) is 5.73 Å². The number of carbonyl (C=O) groups is 1. The smallest absolute Gasteiger partial charge is 0.320 e. The second-order valence-electron chi connectivity index (χ2n) is 2.02. The Labute approximate surface area is 80.3 Å². The van der Waals surface area contributed by atoms with Crippen LogP contribution in [0.15, 0.2) is 0 Å². The topological polar surface area (TPSA) is 118 Å². The standard InChI is InChI=1S/C4H9NO5S.BrH/c5-3(4(6)7)1-2-11(8,9)10;/h3H,1-2,5H2,(H,6,7)(H,8,9,10);1H/t3-;/m0./s1. The molecule has 8 heteroatoms. The summed E-state index contributed by atoms with van der Waals surface area (Å²) in [5, 5.41) is 8.18. The van der Waals surface area contributed by atoms with Crippen molar-refractivity contribution in [2.45, 2.75) is 12.5 Å². The molecule has 0 heterocycles. The Morgan fingerprint density at radius 3 is 2.17 bits per heavy atom. The lowest BCUT2D eigenvalue weighted by Crippen LogP contribution is -2.32. The van der Waals surface area contributed by atoms with Gasteiger partial charge in [0.1, 0.15) is 6.04 Å². The predicted molar refractivity (Wildman–Crippen MR) is 47.0 cm³/mol. The van der Waals surface area contributed by atoms with E-state index < -0.39 is 27.9 Å².